The maximum Gasteiger partial charge on any atom is 0.194 e. The molecule has 1 rings (SSSR count). The molecule has 1 N–H and O–H groups in total. The normalized spacial score (nSPS) is 13.9. The van der Waals surface area contributed by atoms with E-state index in [0.717, 1.165) is 12.8 Å². The summed E-state index contributed by atoms with van der Waals surface area (Å²) in [6.07, 6.45) is 8.91. The molecule has 0 saturated heterocycles. The van der Waals surface area contributed by atoms with E-state index in [0.29, 0.717) is 12.0 Å². The van der Waals surface area contributed by atoms with Crippen molar-refractivity contribution in [1.29, 1.82) is 0 Å². The van der Waals surface area contributed by atoms with Crippen LogP contribution in [0.25, 0.3) is 0 Å². The highest BCUT2D eigenvalue weighted by molar-refractivity contribution is 6.01. The molecular weight excluding hydrogens is 248 g/mol. The summed E-state index contributed by atoms with van der Waals surface area (Å²) in [5, 5.41) is 10.3. The Morgan fingerprint density at radius 1 is 1.00 bits per heavy atom. The first-order chi connectivity index (χ1) is 9.58. The second-order valence-corrected chi connectivity index (χ2v) is 5.84. The lowest BCUT2D eigenvalue weighted by atomic mass is 9.89. The zero-order valence-corrected chi connectivity index (χ0v) is 12.9. The molecule has 1 aromatic carbocycles. The van der Waals surface area contributed by atoms with Crippen LogP contribution in [0.1, 0.15) is 75.6 Å². The summed E-state index contributed by atoms with van der Waals surface area (Å²) in [6.45, 7) is 3.85. The summed E-state index contributed by atoms with van der Waals surface area (Å²) >= 11 is 0. The number of carbonyl (C=O) groups excluding carboxylic acids is 1. The van der Waals surface area contributed by atoms with Crippen molar-refractivity contribution >= 4 is 5.78 Å². The van der Waals surface area contributed by atoms with E-state index < -0.39 is 5.60 Å². The van der Waals surface area contributed by atoms with Crippen LogP contribution in [-0.2, 0) is 0 Å². The average Bonchev–Trinajstić information content (AvgIpc) is 2.46. The van der Waals surface area contributed by atoms with Gasteiger partial charge in [0.25, 0.3) is 0 Å². The number of hydrogen-bond acceptors (Lipinski definition) is 2. The second-order valence-electron chi connectivity index (χ2n) is 5.84. The van der Waals surface area contributed by atoms with E-state index in [1.807, 2.05) is 18.2 Å². The minimum Gasteiger partial charge on any atom is -0.382 e. The van der Waals surface area contributed by atoms with Crippen molar-refractivity contribution in [1.82, 2.24) is 0 Å². The Balaban J connectivity index is 2.29. The molecule has 20 heavy (non-hydrogen) atoms. The fourth-order valence-electron chi connectivity index (χ4n) is 2.44. The Hall–Kier alpha value is -1.15. The molecule has 0 bridgehead atoms. The van der Waals surface area contributed by atoms with Crippen LogP contribution in [0.5, 0.6) is 0 Å². The van der Waals surface area contributed by atoms with E-state index >= 15 is 0 Å². The van der Waals surface area contributed by atoms with Gasteiger partial charge in [-0.3, -0.25) is 4.79 Å². The van der Waals surface area contributed by atoms with E-state index in [1.165, 1.54) is 32.1 Å². The SMILES string of the molecule is CCCCCCCCCC(C)(O)C(=O)c1ccccc1. The highest BCUT2D eigenvalue weighted by atomic mass is 16.3. The maximum atomic E-state index is 12.2. The van der Waals surface area contributed by atoms with Crippen LogP contribution in [0.2, 0.25) is 0 Å². The molecular formula is C18H28O2. The van der Waals surface area contributed by atoms with Crippen LogP contribution in [0.4, 0.5) is 0 Å². The number of hydrogen-bond donors (Lipinski definition) is 1. The quantitative estimate of drug-likeness (QED) is 0.494. The Kier molecular flexibility index (Phi) is 7.53. The molecule has 0 fully saturated rings. The van der Waals surface area contributed by atoms with Gasteiger partial charge in [0.15, 0.2) is 5.78 Å². The first-order valence-electron chi connectivity index (χ1n) is 7.90. The van der Waals surface area contributed by atoms with E-state index in [1.54, 1.807) is 19.1 Å². The van der Waals surface area contributed by atoms with Gasteiger partial charge in [-0.15, -0.1) is 0 Å². The van der Waals surface area contributed by atoms with Crippen molar-refractivity contribution in [2.45, 2.75) is 70.8 Å². The molecule has 0 saturated carbocycles. The number of unbranched alkanes of at least 4 members (excludes halogenated alkanes) is 6. The molecule has 0 aliphatic carbocycles. The standard InChI is InChI=1S/C18H28O2/c1-3-4-5-6-7-8-12-15-18(2,20)17(19)16-13-10-9-11-14-16/h9-11,13-14,20H,3-8,12,15H2,1-2H3. The van der Waals surface area contributed by atoms with Gasteiger partial charge in [-0.1, -0.05) is 82.2 Å². The predicted octanol–water partition coefficient (Wildman–Crippen LogP) is 4.76. The Bertz CT molecular complexity index is 382. The number of aliphatic hydroxyl groups is 1. The highest BCUT2D eigenvalue weighted by Crippen LogP contribution is 2.21. The molecule has 0 amide bonds. The van der Waals surface area contributed by atoms with E-state index in [9.17, 15) is 9.90 Å². The molecule has 0 aromatic heterocycles. The molecule has 2 heteroatoms. The van der Waals surface area contributed by atoms with Crippen molar-refractivity contribution < 1.29 is 9.90 Å². The van der Waals surface area contributed by atoms with Crippen molar-refractivity contribution in [3.8, 4) is 0 Å². The Morgan fingerprint density at radius 3 is 2.15 bits per heavy atom. The third kappa shape index (κ3) is 5.87. The number of carbonyl (C=O) groups is 1. The lowest BCUT2D eigenvalue weighted by molar-refractivity contribution is 0.0355. The van der Waals surface area contributed by atoms with Gasteiger partial charge in [-0.05, 0) is 13.3 Å². The summed E-state index contributed by atoms with van der Waals surface area (Å²) in [5.41, 5.74) is -0.634. The van der Waals surface area contributed by atoms with Crippen LogP contribution in [-0.4, -0.2) is 16.5 Å². The van der Waals surface area contributed by atoms with E-state index in [4.69, 9.17) is 0 Å². The largest absolute Gasteiger partial charge is 0.382 e. The van der Waals surface area contributed by atoms with E-state index in [2.05, 4.69) is 6.92 Å². The van der Waals surface area contributed by atoms with Gasteiger partial charge in [-0.25, -0.2) is 0 Å². The molecule has 0 spiro atoms. The van der Waals surface area contributed by atoms with Crippen molar-refractivity contribution in [2.24, 2.45) is 0 Å². The number of Topliss-reactive ketones (excluding diaryl/α,β-unsaturated/α-hetero) is 1. The monoisotopic (exact) mass is 276 g/mol. The van der Waals surface area contributed by atoms with Crippen molar-refractivity contribution in [3.05, 3.63) is 35.9 Å². The Labute approximate surface area is 123 Å². The minimum atomic E-state index is -1.23. The molecule has 112 valence electrons. The summed E-state index contributed by atoms with van der Waals surface area (Å²) in [7, 11) is 0. The molecule has 0 aliphatic rings. The zero-order valence-electron chi connectivity index (χ0n) is 12.9. The molecule has 1 aromatic rings. The highest BCUT2D eigenvalue weighted by Gasteiger charge is 2.30. The Morgan fingerprint density at radius 2 is 1.55 bits per heavy atom. The van der Waals surface area contributed by atoms with Crippen molar-refractivity contribution in [3.63, 3.8) is 0 Å². The molecule has 2 nitrogen and oxygen atoms in total. The smallest absolute Gasteiger partial charge is 0.194 e. The van der Waals surface area contributed by atoms with Gasteiger partial charge in [0.05, 0.1) is 0 Å². The van der Waals surface area contributed by atoms with Crippen LogP contribution in [0, 0.1) is 0 Å². The maximum absolute atomic E-state index is 12.2. The topological polar surface area (TPSA) is 37.3 Å². The van der Waals surface area contributed by atoms with Gasteiger partial charge in [0.1, 0.15) is 5.60 Å². The summed E-state index contributed by atoms with van der Waals surface area (Å²) in [4.78, 5) is 12.2. The summed E-state index contributed by atoms with van der Waals surface area (Å²) in [5.74, 6) is -0.163. The van der Waals surface area contributed by atoms with Gasteiger partial charge in [0.2, 0.25) is 0 Å². The number of rotatable bonds is 10. The molecule has 1 atom stereocenters. The van der Waals surface area contributed by atoms with Gasteiger partial charge >= 0.3 is 0 Å². The van der Waals surface area contributed by atoms with Crippen LogP contribution < -0.4 is 0 Å². The summed E-state index contributed by atoms with van der Waals surface area (Å²) < 4.78 is 0. The minimum absolute atomic E-state index is 0.163. The van der Waals surface area contributed by atoms with Gasteiger partial charge < -0.3 is 5.11 Å². The number of benzene rings is 1. The summed E-state index contributed by atoms with van der Waals surface area (Å²) in [6, 6.07) is 9.07. The van der Waals surface area contributed by atoms with Crippen LogP contribution in [0.15, 0.2) is 30.3 Å². The fraction of sp³-hybridized carbons (Fsp3) is 0.611. The lowest BCUT2D eigenvalue weighted by Gasteiger charge is -2.21. The molecule has 1 unspecified atom stereocenters. The predicted molar refractivity (Wildman–Crippen MR) is 84.0 cm³/mol. The fourth-order valence-corrected chi connectivity index (χ4v) is 2.44. The average molecular weight is 276 g/mol. The molecule has 0 radical (unpaired) electrons. The first kappa shape index (κ1) is 16.9. The van der Waals surface area contributed by atoms with Crippen LogP contribution in [0.3, 0.4) is 0 Å². The molecule has 0 heterocycles. The van der Waals surface area contributed by atoms with E-state index in [-0.39, 0.29) is 5.78 Å². The second kappa shape index (κ2) is 8.91. The number of ketones is 1. The first-order valence-corrected chi connectivity index (χ1v) is 7.90. The van der Waals surface area contributed by atoms with Crippen LogP contribution >= 0.6 is 0 Å². The zero-order chi connectivity index (χ0) is 14.8. The molecule has 0 aliphatic heterocycles. The van der Waals surface area contributed by atoms with Gasteiger partial charge in [0, 0.05) is 5.56 Å². The lowest BCUT2D eigenvalue weighted by Crippen LogP contribution is -2.35. The van der Waals surface area contributed by atoms with Gasteiger partial charge in [-0.2, -0.15) is 0 Å². The third-order valence-corrected chi connectivity index (χ3v) is 3.79. The third-order valence-electron chi connectivity index (χ3n) is 3.79. The van der Waals surface area contributed by atoms with Crippen molar-refractivity contribution in [2.75, 3.05) is 0 Å².